The molecule has 0 aliphatic carbocycles. The fraction of sp³-hybridized carbons (Fsp3) is 0.500. The molecule has 1 aromatic carbocycles. The van der Waals surface area contributed by atoms with Crippen molar-refractivity contribution < 1.29 is 9.90 Å². The molecule has 3 nitrogen and oxygen atoms in total. The largest absolute Gasteiger partial charge is 0.508 e. The number of amides is 1. The molecular formula is C14H21NO2. The zero-order valence-corrected chi connectivity index (χ0v) is 10.9. The topological polar surface area (TPSA) is 49.3 Å². The van der Waals surface area contributed by atoms with Crippen LogP contribution in [0.4, 0.5) is 0 Å². The Morgan fingerprint density at radius 2 is 2.00 bits per heavy atom. The minimum atomic E-state index is -0.132. The van der Waals surface area contributed by atoms with E-state index >= 15 is 0 Å². The number of carbonyl (C=O) groups is 1. The Morgan fingerprint density at radius 3 is 2.53 bits per heavy atom. The normalized spacial score (nSPS) is 12.5. The summed E-state index contributed by atoms with van der Waals surface area (Å²) in [7, 11) is 0. The lowest BCUT2D eigenvalue weighted by Crippen LogP contribution is -2.30. The van der Waals surface area contributed by atoms with E-state index < -0.39 is 0 Å². The molecule has 3 heteroatoms. The maximum atomic E-state index is 11.8. The zero-order chi connectivity index (χ0) is 13.0. The number of phenolic OH excluding ortho intramolecular Hbond substituents is 1. The van der Waals surface area contributed by atoms with Crippen molar-refractivity contribution >= 4 is 5.91 Å². The van der Waals surface area contributed by atoms with Crippen LogP contribution in [0.3, 0.4) is 0 Å². The van der Waals surface area contributed by atoms with Crippen LogP contribution in [0.2, 0.25) is 0 Å². The highest BCUT2D eigenvalue weighted by Gasteiger charge is 2.11. The molecule has 0 saturated heterocycles. The summed E-state index contributed by atoms with van der Waals surface area (Å²) >= 11 is 0. The van der Waals surface area contributed by atoms with Crippen molar-refractivity contribution in [3.8, 4) is 5.75 Å². The molecule has 1 amide bonds. The summed E-state index contributed by atoms with van der Waals surface area (Å²) < 4.78 is 0. The maximum Gasteiger partial charge on any atom is 0.251 e. The minimum Gasteiger partial charge on any atom is -0.508 e. The fourth-order valence-electron chi connectivity index (χ4n) is 1.34. The van der Waals surface area contributed by atoms with Gasteiger partial charge in [0.2, 0.25) is 0 Å². The summed E-state index contributed by atoms with van der Waals surface area (Å²) in [6, 6.07) is 4.98. The van der Waals surface area contributed by atoms with Crippen molar-refractivity contribution in [2.75, 3.05) is 6.54 Å². The molecular weight excluding hydrogens is 214 g/mol. The van der Waals surface area contributed by atoms with Gasteiger partial charge in [0.05, 0.1) is 0 Å². The summed E-state index contributed by atoms with van der Waals surface area (Å²) in [6.45, 7) is 8.84. The van der Waals surface area contributed by atoms with Crippen LogP contribution >= 0.6 is 0 Å². The third-order valence-corrected chi connectivity index (χ3v) is 3.19. The Balaban J connectivity index is 2.61. The van der Waals surface area contributed by atoms with Crippen molar-refractivity contribution in [2.24, 2.45) is 11.8 Å². The Labute approximate surface area is 103 Å². The van der Waals surface area contributed by atoms with E-state index in [4.69, 9.17) is 0 Å². The Morgan fingerprint density at radius 1 is 1.35 bits per heavy atom. The number of carbonyl (C=O) groups excluding carboxylic acids is 1. The van der Waals surface area contributed by atoms with E-state index in [9.17, 15) is 9.90 Å². The molecule has 0 aliphatic heterocycles. The number of phenols is 1. The van der Waals surface area contributed by atoms with Crippen molar-refractivity contribution in [1.29, 1.82) is 0 Å². The lowest BCUT2D eigenvalue weighted by molar-refractivity contribution is 0.0944. The molecule has 0 spiro atoms. The van der Waals surface area contributed by atoms with Crippen LogP contribution in [0.5, 0.6) is 5.75 Å². The molecule has 1 atom stereocenters. The predicted molar refractivity (Wildman–Crippen MR) is 69.2 cm³/mol. The van der Waals surface area contributed by atoms with E-state index in [1.165, 1.54) is 6.07 Å². The second-order valence-electron chi connectivity index (χ2n) is 4.93. The quantitative estimate of drug-likeness (QED) is 0.843. The molecule has 0 radical (unpaired) electrons. The SMILES string of the molecule is Cc1ccc(C(=O)NCC(C)C(C)C)cc1O. The van der Waals surface area contributed by atoms with Gasteiger partial charge in [-0.15, -0.1) is 0 Å². The summed E-state index contributed by atoms with van der Waals surface area (Å²) in [4.78, 5) is 11.8. The van der Waals surface area contributed by atoms with E-state index in [1.807, 2.05) is 0 Å². The zero-order valence-electron chi connectivity index (χ0n) is 10.9. The smallest absolute Gasteiger partial charge is 0.251 e. The van der Waals surface area contributed by atoms with Crippen molar-refractivity contribution in [2.45, 2.75) is 27.7 Å². The molecule has 1 unspecified atom stereocenters. The monoisotopic (exact) mass is 235 g/mol. The summed E-state index contributed by atoms with van der Waals surface area (Å²) in [5.41, 5.74) is 1.28. The van der Waals surface area contributed by atoms with Gasteiger partial charge >= 0.3 is 0 Å². The number of aromatic hydroxyl groups is 1. The summed E-state index contributed by atoms with van der Waals surface area (Å²) in [5.74, 6) is 1.02. The first-order chi connectivity index (χ1) is 7.91. The van der Waals surface area contributed by atoms with Crippen LogP contribution < -0.4 is 5.32 Å². The van der Waals surface area contributed by atoms with Crippen LogP contribution in [-0.2, 0) is 0 Å². The van der Waals surface area contributed by atoms with Gasteiger partial charge in [0.1, 0.15) is 5.75 Å². The molecule has 2 N–H and O–H groups in total. The standard InChI is InChI=1S/C14H21NO2/c1-9(2)11(4)8-15-14(17)12-6-5-10(3)13(16)7-12/h5-7,9,11,16H,8H2,1-4H3,(H,15,17). The van der Waals surface area contributed by atoms with Gasteiger partial charge in [0.25, 0.3) is 5.91 Å². The van der Waals surface area contributed by atoms with Crippen molar-refractivity contribution in [3.05, 3.63) is 29.3 Å². The number of benzene rings is 1. The Kier molecular flexibility index (Phi) is 4.55. The van der Waals surface area contributed by atoms with Gasteiger partial charge in [-0.25, -0.2) is 0 Å². The average molecular weight is 235 g/mol. The first kappa shape index (κ1) is 13.6. The first-order valence-corrected chi connectivity index (χ1v) is 5.99. The highest BCUT2D eigenvalue weighted by atomic mass is 16.3. The molecule has 0 aromatic heterocycles. The van der Waals surface area contributed by atoms with Gasteiger partial charge in [-0.2, -0.15) is 0 Å². The predicted octanol–water partition coefficient (Wildman–Crippen LogP) is 2.72. The second-order valence-corrected chi connectivity index (χ2v) is 4.93. The summed E-state index contributed by atoms with van der Waals surface area (Å²) in [5, 5.41) is 12.4. The van der Waals surface area contributed by atoms with E-state index in [0.717, 1.165) is 5.56 Å². The maximum absolute atomic E-state index is 11.8. The highest BCUT2D eigenvalue weighted by Crippen LogP contribution is 2.17. The number of nitrogens with one attached hydrogen (secondary N) is 1. The van der Waals surface area contributed by atoms with Crippen LogP contribution in [0.1, 0.15) is 36.7 Å². The number of hydrogen-bond acceptors (Lipinski definition) is 2. The fourth-order valence-corrected chi connectivity index (χ4v) is 1.34. The minimum absolute atomic E-state index is 0.132. The van der Waals surface area contributed by atoms with E-state index in [1.54, 1.807) is 19.1 Å². The molecule has 0 bridgehead atoms. The third-order valence-electron chi connectivity index (χ3n) is 3.19. The lowest BCUT2D eigenvalue weighted by Gasteiger charge is -2.16. The van der Waals surface area contributed by atoms with E-state index in [-0.39, 0.29) is 11.7 Å². The number of rotatable bonds is 4. The van der Waals surface area contributed by atoms with E-state index in [2.05, 4.69) is 26.1 Å². The number of aryl methyl sites for hydroxylation is 1. The average Bonchev–Trinajstić information content (AvgIpc) is 2.28. The first-order valence-electron chi connectivity index (χ1n) is 5.99. The van der Waals surface area contributed by atoms with Gasteiger partial charge in [-0.1, -0.05) is 26.8 Å². The van der Waals surface area contributed by atoms with Crippen molar-refractivity contribution in [3.63, 3.8) is 0 Å². The summed E-state index contributed by atoms with van der Waals surface area (Å²) in [6.07, 6.45) is 0. The third kappa shape index (κ3) is 3.77. The molecule has 94 valence electrons. The van der Waals surface area contributed by atoms with Crippen LogP contribution in [0.25, 0.3) is 0 Å². The lowest BCUT2D eigenvalue weighted by atomic mass is 9.98. The molecule has 0 aliphatic rings. The Bertz CT molecular complexity index is 399. The van der Waals surface area contributed by atoms with Crippen LogP contribution in [-0.4, -0.2) is 17.6 Å². The Hall–Kier alpha value is -1.51. The van der Waals surface area contributed by atoms with Gasteiger partial charge < -0.3 is 10.4 Å². The van der Waals surface area contributed by atoms with Crippen LogP contribution in [0, 0.1) is 18.8 Å². The number of hydrogen-bond donors (Lipinski definition) is 2. The second kappa shape index (κ2) is 5.71. The van der Waals surface area contributed by atoms with Crippen molar-refractivity contribution in [1.82, 2.24) is 5.32 Å². The van der Waals surface area contributed by atoms with E-state index in [0.29, 0.717) is 23.9 Å². The van der Waals surface area contributed by atoms with Gasteiger partial charge in [-0.3, -0.25) is 4.79 Å². The molecule has 17 heavy (non-hydrogen) atoms. The van der Waals surface area contributed by atoms with Crippen LogP contribution in [0.15, 0.2) is 18.2 Å². The van der Waals surface area contributed by atoms with Gasteiger partial charge in [0.15, 0.2) is 0 Å². The highest BCUT2D eigenvalue weighted by molar-refractivity contribution is 5.94. The molecule has 0 saturated carbocycles. The van der Waals surface area contributed by atoms with Gasteiger partial charge in [-0.05, 0) is 36.5 Å². The molecule has 1 rings (SSSR count). The van der Waals surface area contributed by atoms with Gasteiger partial charge in [0, 0.05) is 12.1 Å². The molecule has 0 fully saturated rings. The molecule has 1 aromatic rings. The molecule has 0 heterocycles.